The Labute approximate surface area is 259 Å². The highest BCUT2D eigenvalue weighted by Gasteiger charge is 2.29. The van der Waals surface area contributed by atoms with Gasteiger partial charge in [-0.3, -0.25) is 9.69 Å². The zero-order valence-corrected chi connectivity index (χ0v) is 26.2. The number of amides is 1. The summed E-state index contributed by atoms with van der Waals surface area (Å²) in [5, 5.41) is 7.42. The number of nitrogens with zero attached hydrogens (tertiary/aromatic N) is 2. The quantitative estimate of drug-likeness (QED) is 0.222. The standard InChI is InChI=1S/C36H42N4O4/c1-5-43-29-12-10-28(11-13-29)37-21-25-18-27-22-38-34(41)33(27)30(19-25)32-20-26-17-24(23-39-15-7-6-8-16-39)9-14-31(26)40(32)35(42)44-36(2,3)4/h9-14,17-20,37H,5-8,15-16,21-23H2,1-4H3,(H,38,41). The van der Waals surface area contributed by atoms with Crippen LogP contribution in [0.3, 0.4) is 0 Å². The van der Waals surface area contributed by atoms with E-state index in [0.29, 0.717) is 31.0 Å². The molecule has 8 heteroatoms. The Morgan fingerprint density at radius 3 is 2.45 bits per heavy atom. The molecular formula is C36H42N4O4. The zero-order valence-electron chi connectivity index (χ0n) is 26.2. The highest BCUT2D eigenvalue weighted by molar-refractivity contribution is 6.07. The van der Waals surface area contributed by atoms with Gasteiger partial charge in [-0.15, -0.1) is 0 Å². The lowest BCUT2D eigenvalue weighted by Gasteiger charge is -2.26. The van der Waals surface area contributed by atoms with Crippen molar-refractivity contribution >= 4 is 28.6 Å². The molecule has 3 heterocycles. The van der Waals surface area contributed by atoms with E-state index >= 15 is 0 Å². The number of benzene rings is 3. The number of carbonyl (C=O) groups excluding carboxylic acids is 2. The van der Waals surface area contributed by atoms with Crippen molar-refractivity contribution in [3.05, 3.63) is 82.9 Å². The van der Waals surface area contributed by atoms with Crippen LogP contribution in [0.4, 0.5) is 10.5 Å². The van der Waals surface area contributed by atoms with Gasteiger partial charge in [-0.05, 0) is 119 Å². The van der Waals surface area contributed by atoms with Crippen molar-refractivity contribution in [1.29, 1.82) is 0 Å². The molecule has 0 saturated carbocycles. The van der Waals surface area contributed by atoms with Gasteiger partial charge in [0.25, 0.3) is 5.91 Å². The third-order valence-corrected chi connectivity index (χ3v) is 8.18. The lowest BCUT2D eigenvalue weighted by atomic mass is 9.96. The molecule has 0 unspecified atom stereocenters. The Morgan fingerprint density at radius 2 is 1.73 bits per heavy atom. The molecule has 6 rings (SSSR count). The molecule has 1 saturated heterocycles. The summed E-state index contributed by atoms with van der Waals surface area (Å²) in [5.74, 6) is 0.698. The number of ether oxygens (including phenoxy) is 2. The van der Waals surface area contributed by atoms with Gasteiger partial charge in [-0.2, -0.15) is 0 Å². The topological polar surface area (TPSA) is 84.8 Å². The summed E-state index contributed by atoms with van der Waals surface area (Å²) in [6.07, 6.45) is 3.30. The van der Waals surface area contributed by atoms with Crippen molar-refractivity contribution in [2.24, 2.45) is 0 Å². The highest BCUT2D eigenvalue weighted by atomic mass is 16.6. The van der Waals surface area contributed by atoms with Crippen molar-refractivity contribution in [2.45, 2.75) is 72.2 Å². The lowest BCUT2D eigenvalue weighted by Crippen LogP contribution is -2.29. The number of rotatable bonds is 8. The van der Waals surface area contributed by atoms with E-state index < -0.39 is 11.7 Å². The molecule has 44 heavy (non-hydrogen) atoms. The van der Waals surface area contributed by atoms with Gasteiger partial charge < -0.3 is 20.1 Å². The third-order valence-electron chi connectivity index (χ3n) is 8.18. The van der Waals surface area contributed by atoms with Crippen LogP contribution < -0.4 is 15.4 Å². The molecule has 0 spiro atoms. The van der Waals surface area contributed by atoms with Gasteiger partial charge in [-0.25, -0.2) is 9.36 Å². The number of fused-ring (bicyclic) bond motifs is 2. The summed E-state index contributed by atoms with van der Waals surface area (Å²) in [4.78, 5) is 29.5. The monoisotopic (exact) mass is 594 g/mol. The Bertz CT molecular complexity index is 1680. The molecule has 230 valence electrons. The van der Waals surface area contributed by atoms with Crippen LogP contribution in [0.2, 0.25) is 0 Å². The smallest absolute Gasteiger partial charge is 0.419 e. The first kappa shape index (κ1) is 29.8. The van der Waals surface area contributed by atoms with Crippen LogP contribution in [0.25, 0.3) is 22.2 Å². The van der Waals surface area contributed by atoms with Crippen LogP contribution in [0.15, 0.2) is 60.7 Å². The normalized spacial score (nSPS) is 15.2. The minimum absolute atomic E-state index is 0.132. The van der Waals surface area contributed by atoms with Crippen LogP contribution in [0.1, 0.15) is 74.0 Å². The number of anilines is 1. The summed E-state index contributed by atoms with van der Waals surface area (Å²) in [6, 6.07) is 20.3. The minimum atomic E-state index is -0.679. The Balaban J connectivity index is 1.40. The molecule has 0 radical (unpaired) electrons. The van der Waals surface area contributed by atoms with Gasteiger partial charge in [-0.1, -0.05) is 18.6 Å². The lowest BCUT2D eigenvalue weighted by molar-refractivity contribution is 0.0547. The summed E-state index contributed by atoms with van der Waals surface area (Å²) in [6.45, 7) is 12.3. The molecule has 0 atom stereocenters. The number of likely N-dealkylation sites (tertiary alicyclic amines) is 1. The van der Waals surface area contributed by atoms with E-state index in [0.717, 1.165) is 58.7 Å². The fraction of sp³-hybridized carbons (Fsp3) is 0.389. The van der Waals surface area contributed by atoms with Crippen LogP contribution in [0, 0.1) is 0 Å². The van der Waals surface area contributed by atoms with Crippen LogP contribution in [-0.2, 0) is 24.4 Å². The van der Waals surface area contributed by atoms with Crippen LogP contribution in [0.5, 0.6) is 5.75 Å². The first-order valence-electron chi connectivity index (χ1n) is 15.7. The van der Waals surface area contributed by atoms with E-state index in [2.05, 4.69) is 33.7 Å². The van der Waals surface area contributed by atoms with Gasteiger partial charge in [0, 0.05) is 36.3 Å². The number of piperidine rings is 1. The van der Waals surface area contributed by atoms with Gasteiger partial charge in [0.05, 0.1) is 23.4 Å². The Kier molecular flexibility index (Phi) is 8.36. The first-order valence-corrected chi connectivity index (χ1v) is 15.7. The van der Waals surface area contributed by atoms with E-state index in [1.54, 1.807) is 4.57 Å². The number of hydrogen-bond donors (Lipinski definition) is 2. The van der Waals surface area contributed by atoms with E-state index in [4.69, 9.17) is 9.47 Å². The van der Waals surface area contributed by atoms with Crippen LogP contribution in [-0.4, -0.2) is 46.8 Å². The molecular weight excluding hydrogens is 552 g/mol. The molecule has 2 aliphatic heterocycles. The molecule has 3 aromatic carbocycles. The maximum atomic E-state index is 13.8. The van der Waals surface area contributed by atoms with E-state index in [1.807, 2.05) is 70.2 Å². The second kappa shape index (κ2) is 12.4. The molecule has 8 nitrogen and oxygen atoms in total. The molecule has 4 aromatic rings. The summed E-state index contributed by atoms with van der Waals surface area (Å²) < 4.78 is 13.1. The summed E-state index contributed by atoms with van der Waals surface area (Å²) >= 11 is 0. The Hall–Kier alpha value is -4.30. The summed E-state index contributed by atoms with van der Waals surface area (Å²) in [7, 11) is 0. The van der Waals surface area contributed by atoms with Crippen molar-refractivity contribution in [3.63, 3.8) is 0 Å². The molecule has 1 aromatic heterocycles. The molecule has 1 fully saturated rings. The van der Waals surface area contributed by atoms with Gasteiger partial charge in [0.1, 0.15) is 11.4 Å². The van der Waals surface area contributed by atoms with Crippen molar-refractivity contribution in [3.8, 4) is 17.0 Å². The first-order chi connectivity index (χ1) is 21.2. The average molecular weight is 595 g/mol. The average Bonchev–Trinajstić information content (AvgIpc) is 3.56. The maximum absolute atomic E-state index is 13.8. The zero-order chi connectivity index (χ0) is 30.8. The predicted octanol–water partition coefficient (Wildman–Crippen LogP) is 7.33. The SMILES string of the molecule is CCOc1ccc(NCc2cc3c(c(-c4cc5cc(CN6CCCCC6)ccc5n4C(=O)OC(C)(C)C)c2)C(=O)NC3)cc1. The molecule has 0 bridgehead atoms. The van der Waals surface area contributed by atoms with E-state index in [1.165, 1.54) is 24.8 Å². The number of aromatic nitrogens is 1. The number of hydrogen-bond acceptors (Lipinski definition) is 6. The minimum Gasteiger partial charge on any atom is -0.494 e. The van der Waals surface area contributed by atoms with Crippen molar-refractivity contribution in [1.82, 2.24) is 14.8 Å². The largest absolute Gasteiger partial charge is 0.494 e. The molecule has 1 amide bonds. The van der Waals surface area contributed by atoms with Gasteiger partial charge in [0.2, 0.25) is 0 Å². The predicted molar refractivity (Wildman–Crippen MR) is 174 cm³/mol. The molecule has 2 aliphatic rings. The van der Waals surface area contributed by atoms with E-state index in [-0.39, 0.29) is 5.91 Å². The molecule has 2 N–H and O–H groups in total. The van der Waals surface area contributed by atoms with Gasteiger partial charge >= 0.3 is 6.09 Å². The number of carbonyl (C=O) groups is 2. The number of nitrogens with one attached hydrogen (secondary N) is 2. The van der Waals surface area contributed by atoms with Crippen molar-refractivity contribution in [2.75, 3.05) is 25.0 Å². The van der Waals surface area contributed by atoms with E-state index in [9.17, 15) is 9.59 Å². The molecule has 0 aliphatic carbocycles. The maximum Gasteiger partial charge on any atom is 0.419 e. The Morgan fingerprint density at radius 1 is 0.955 bits per heavy atom. The second-order valence-corrected chi connectivity index (χ2v) is 12.7. The fourth-order valence-electron chi connectivity index (χ4n) is 6.22. The summed E-state index contributed by atoms with van der Waals surface area (Å²) in [5.41, 5.74) is 6.18. The third kappa shape index (κ3) is 6.45. The second-order valence-electron chi connectivity index (χ2n) is 12.7. The fourth-order valence-corrected chi connectivity index (χ4v) is 6.22. The van der Waals surface area contributed by atoms with Crippen molar-refractivity contribution < 1.29 is 19.1 Å². The van der Waals surface area contributed by atoms with Crippen LogP contribution >= 0.6 is 0 Å². The van der Waals surface area contributed by atoms with Gasteiger partial charge in [0.15, 0.2) is 0 Å². The highest BCUT2D eigenvalue weighted by Crippen LogP contribution is 2.36.